The maximum atomic E-state index is 10.2. The monoisotopic (exact) mass is 190 g/mol. The first-order valence-electron chi connectivity index (χ1n) is 4.97. The van der Waals surface area contributed by atoms with Crippen LogP contribution in [-0.2, 0) is 5.60 Å². The van der Waals surface area contributed by atoms with E-state index < -0.39 is 5.60 Å². The summed E-state index contributed by atoms with van der Waals surface area (Å²) in [5, 5.41) is 10.2. The van der Waals surface area contributed by atoms with Gasteiger partial charge < -0.3 is 5.11 Å². The highest BCUT2D eigenvalue weighted by molar-refractivity contribution is 5.30. The van der Waals surface area contributed by atoms with Gasteiger partial charge in [0, 0.05) is 0 Å². The van der Waals surface area contributed by atoms with E-state index in [1.54, 1.807) is 0 Å². The Morgan fingerprint density at radius 1 is 1.43 bits per heavy atom. The predicted molar refractivity (Wildman–Crippen MR) is 60.2 cm³/mol. The summed E-state index contributed by atoms with van der Waals surface area (Å²) in [4.78, 5) is 0. The fourth-order valence-electron chi connectivity index (χ4n) is 1.69. The second-order valence-corrected chi connectivity index (χ2v) is 3.92. The van der Waals surface area contributed by atoms with Crippen LogP contribution in [0, 0.1) is 6.92 Å². The van der Waals surface area contributed by atoms with Gasteiger partial charge in [0.15, 0.2) is 0 Å². The molecule has 0 fully saturated rings. The van der Waals surface area contributed by atoms with Crippen LogP contribution in [0.5, 0.6) is 0 Å². The average molecular weight is 190 g/mol. The third-order valence-electron chi connectivity index (χ3n) is 2.56. The Labute approximate surface area is 86.1 Å². The van der Waals surface area contributed by atoms with E-state index in [0.29, 0.717) is 0 Å². The minimum Gasteiger partial charge on any atom is -0.385 e. The molecule has 14 heavy (non-hydrogen) atoms. The standard InChI is InChI=1S/C13H18O/c1-4-5-10-13(3,14)12-9-7-6-8-11(12)2/h4,6-9,14H,1,5,10H2,2-3H3. The Hall–Kier alpha value is -1.08. The molecule has 0 spiro atoms. The summed E-state index contributed by atoms with van der Waals surface area (Å²) in [6, 6.07) is 7.96. The molecule has 0 saturated carbocycles. The van der Waals surface area contributed by atoms with Gasteiger partial charge >= 0.3 is 0 Å². The molecule has 1 N–H and O–H groups in total. The van der Waals surface area contributed by atoms with Crippen molar-refractivity contribution in [3.63, 3.8) is 0 Å². The molecule has 1 aromatic rings. The molecule has 1 rings (SSSR count). The van der Waals surface area contributed by atoms with Crippen molar-refractivity contribution in [3.8, 4) is 0 Å². The molecule has 0 heterocycles. The molecule has 0 aliphatic heterocycles. The van der Waals surface area contributed by atoms with E-state index in [4.69, 9.17) is 0 Å². The van der Waals surface area contributed by atoms with Gasteiger partial charge in [-0.05, 0) is 37.8 Å². The summed E-state index contributed by atoms with van der Waals surface area (Å²) in [6.45, 7) is 7.55. The summed E-state index contributed by atoms with van der Waals surface area (Å²) >= 11 is 0. The van der Waals surface area contributed by atoms with Crippen molar-refractivity contribution in [1.29, 1.82) is 0 Å². The molecule has 1 atom stereocenters. The predicted octanol–water partition coefficient (Wildman–Crippen LogP) is 3.17. The number of allylic oxidation sites excluding steroid dienone is 1. The van der Waals surface area contributed by atoms with Crippen LogP contribution < -0.4 is 0 Å². The smallest absolute Gasteiger partial charge is 0.0874 e. The normalized spacial score (nSPS) is 14.8. The van der Waals surface area contributed by atoms with Gasteiger partial charge in [-0.1, -0.05) is 30.3 Å². The molecule has 0 aliphatic carbocycles. The Morgan fingerprint density at radius 3 is 2.64 bits per heavy atom. The lowest BCUT2D eigenvalue weighted by atomic mass is 9.88. The van der Waals surface area contributed by atoms with Crippen LogP contribution in [0.25, 0.3) is 0 Å². The van der Waals surface area contributed by atoms with E-state index in [-0.39, 0.29) is 0 Å². The van der Waals surface area contributed by atoms with E-state index in [2.05, 4.69) is 6.58 Å². The highest BCUT2D eigenvalue weighted by atomic mass is 16.3. The number of aliphatic hydroxyl groups is 1. The van der Waals surface area contributed by atoms with Crippen LogP contribution in [0.1, 0.15) is 30.9 Å². The van der Waals surface area contributed by atoms with Gasteiger partial charge in [-0.25, -0.2) is 0 Å². The van der Waals surface area contributed by atoms with Crippen molar-refractivity contribution in [2.75, 3.05) is 0 Å². The average Bonchev–Trinajstić information content (AvgIpc) is 2.15. The molecule has 0 saturated heterocycles. The Morgan fingerprint density at radius 2 is 2.07 bits per heavy atom. The van der Waals surface area contributed by atoms with Crippen LogP contribution in [-0.4, -0.2) is 5.11 Å². The largest absolute Gasteiger partial charge is 0.385 e. The number of benzene rings is 1. The molecule has 0 amide bonds. The van der Waals surface area contributed by atoms with E-state index in [1.165, 1.54) is 0 Å². The van der Waals surface area contributed by atoms with Crippen LogP contribution in [0.4, 0.5) is 0 Å². The van der Waals surface area contributed by atoms with Gasteiger partial charge in [-0.2, -0.15) is 0 Å². The van der Waals surface area contributed by atoms with E-state index in [1.807, 2.05) is 44.2 Å². The number of hydrogen-bond donors (Lipinski definition) is 1. The van der Waals surface area contributed by atoms with Gasteiger partial charge in [0.1, 0.15) is 0 Å². The quantitative estimate of drug-likeness (QED) is 0.723. The Kier molecular flexibility index (Phi) is 3.48. The van der Waals surface area contributed by atoms with Crippen molar-refractivity contribution in [2.45, 2.75) is 32.3 Å². The topological polar surface area (TPSA) is 20.2 Å². The lowest BCUT2D eigenvalue weighted by Crippen LogP contribution is -2.21. The van der Waals surface area contributed by atoms with Gasteiger partial charge in [0.05, 0.1) is 5.60 Å². The molecule has 0 aliphatic rings. The van der Waals surface area contributed by atoms with Crippen molar-refractivity contribution in [2.24, 2.45) is 0 Å². The molecule has 0 bridgehead atoms. The highest BCUT2D eigenvalue weighted by Crippen LogP contribution is 2.28. The molecule has 1 heteroatoms. The zero-order valence-electron chi connectivity index (χ0n) is 8.96. The molecule has 1 nitrogen and oxygen atoms in total. The summed E-state index contributed by atoms with van der Waals surface area (Å²) in [6.07, 6.45) is 3.40. The van der Waals surface area contributed by atoms with Crippen LogP contribution in [0.3, 0.4) is 0 Å². The van der Waals surface area contributed by atoms with Crippen LogP contribution in [0.15, 0.2) is 36.9 Å². The zero-order chi connectivity index (χ0) is 10.6. The highest BCUT2D eigenvalue weighted by Gasteiger charge is 2.23. The SMILES string of the molecule is C=CCCC(C)(O)c1ccccc1C. The molecule has 1 aromatic carbocycles. The minimum atomic E-state index is -0.737. The Bertz CT molecular complexity index is 313. The fourth-order valence-corrected chi connectivity index (χ4v) is 1.69. The second kappa shape index (κ2) is 4.43. The van der Waals surface area contributed by atoms with Crippen molar-refractivity contribution in [3.05, 3.63) is 48.0 Å². The van der Waals surface area contributed by atoms with E-state index >= 15 is 0 Å². The van der Waals surface area contributed by atoms with Crippen molar-refractivity contribution in [1.82, 2.24) is 0 Å². The number of hydrogen-bond acceptors (Lipinski definition) is 1. The van der Waals surface area contributed by atoms with Crippen molar-refractivity contribution >= 4 is 0 Å². The van der Waals surface area contributed by atoms with E-state index in [9.17, 15) is 5.11 Å². The van der Waals surface area contributed by atoms with Crippen molar-refractivity contribution < 1.29 is 5.11 Å². The fraction of sp³-hybridized carbons (Fsp3) is 0.385. The lowest BCUT2D eigenvalue weighted by Gasteiger charge is -2.25. The Balaban J connectivity index is 2.91. The molecule has 1 unspecified atom stereocenters. The second-order valence-electron chi connectivity index (χ2n) is 3.92. The maximum absolute atomic E-state index is 10.2. The van der Waals surface area contributed by atoms with Crippen LogP contribution >= 0.6 is 0 Å². The molecule has 0 aromatic heterocycles. The maximum Gasteiger partial charge on any atom is 0.0874 e. The van der Waals surface area contributed by atoms with Crippen LogP contribution in [0.2, 0.25) is 0 Å². The first kappa shape index (κ1) is 11.0. The van der Waals surface area contributed by atoms with Gasteiger partial charge in [-0.15, -0.1) is 6.58 Å². The molecular weight excluding hydrogens is 172 g/mol. The van der Waals surface area contributed by atoms with Gasteiger partial charge in [-0.3, -0.25) is 0 Å². The van der Waals surface area contributed by atoms with E-state index in [0.717, 1.165) is 24.0 Å². The first-order chi connectivity index (χ1) is 6.58. The lowest BCUT2D eigenvalue weighted by molar-refractivity contribution is 0.0482. The van der Waals surface area contributed by atoms with Gasteiger partial charge in [0.2, 0.25) is 0 Å². The summed E-state index contributed by atoms with van der Waals surface area (Å²) < 4.78 is 0. The third-order valence-corrected chi connectivity index (χ3v) is 2.56. The number of rotatable bonds is 4. The third kappa shape index (κ3) is 2.46. The summed E-state index contributed by atoms with van der Waals surface area (Å²) in [5.41, 5.74) is 1.42. The molecule has 76 valence electrons. The summed E-state index contributed by atoms with van der Waals surface area (Å²) in [7, 11) is 0. The molecule has 0 radical (unpaired) electrons. The zero-order valence-corrected chi connectivity index (χ0v) is 8.96. The van der Waals surface area contributed by atoms with Gasteiger partial charge in [0.25, 0.3) is 0 Å². The number of aryl methyl sites for hydroxylation is 1. The minimum absolute atomic E-state index is 0.724. The summed E-state index contributed by atoms with van der Waals surface area (Å²) in [5.74, 6) is 0. The first-order valence-corrected chi connectivity index (χ1v) is 4.97. The molecular formula is C13H18O.